The molecule has 0 aliphatic rings. The number of carboxylic acid groups (broad SMARTS) is 1. The molecule has 1 aromatic rings. The van der Waals surface area contributed by atoms with Gasteiger partial charge in [-0.3, -0.25) is 4.79 Å². The summed E-state index contributed by atoms with van der Waals surface area (Å²) in [4.78, 5) is 22.1. The van der Waals surface area contributed by atoms with Crippen molar-refractivity contribution in [3.8, 4) is 0 Å². The van der Waals surface area contributed by atoms with Crippen molar-refractivity contribution in [2.75, 3.05) is 20.3 Å². The lowest BCUT2D eigenvalue weighted by molar-refractivity contribution is -0.148. The molecule has 0 radical (unpaired) electrons. The highest BCUT2D eigenvalue weighted by molar-refractivity contribution is 5.78. The maximum absolute atomic E-state index is 11.5. The summed E-state index contributed by atoms with van der Waals surface area (Å²) in [6.07, 6.45) is -0.840. The standard InChI is InChI=1S/C14H19NO5/c1-19-12(14(17)18)9-15-13(16)7-8-20-10-11-5-3-2-4-6-11/h2-6,12H,7-10H2,1H3,(H,15,16)(H,17,18). The van der Waals surface area contributed by atoms with Crippen LogP contribution in [0, 0.1) is 0 Å². The van der Waals surface area contributed by atoms with Crippen LogP contribution < -0.4 is 5.32 Å². The lowest BCUT2D eigenvalue weighted by Crippen LogP contribution is -2.38. The van der Waals surface area contributed by atoms with Crippen LogP contribution in [0.15, 0.2) is 30.3 Å². The van der Waals surface area contributed by atoms with Crippen molar-refractivity contribution >= 4 is 11.9 Å². The third-order valence-electron chi connectivity index (χ3n) is 2.63. The Bertz CT molecular complexity index is 421. The number of ether oxygens (including phenoxy) is 2. The van der Waals surface area contributed by atoms with Crippen molar-refractivity contribution in [1.29, 1.82) is 0 Å². The molecule has 6 heteroatoms. The van der Waals surface area contributed by atoms with E-state index in [1.165, 1.54) is 7.11 Å². The van der Waals surface area contributed by atoms with Crippen LogP contribution in [0.3, 0.4) is 0 Å². The Hall–Kier alpha value is -1.92. The van der Waals surface area contributed by atoms with Crippen LogP contribution in [0.5, 0.6) is 0 Å². The highest BCUT2D eigenvalue weighted by Crippen LogP contribution is 2.00. The number of benzene rings is 1. The largest absolute Gasteiger partial charge is 0.479 e. The van der Waals surface area contributed by atoms with E-state index in [-0.39, 0.29) is 25.5 Å². The Balaban J connectivity index is 2.13. The number of aliphatic carboxylic acids is 1. The van der Waals surface area contributed by atoms with Gasteiger partial charge in [-0.05, 0) is 5.56 Å². The molecule has 1 amide bonds. The fraction of sp³-hybridized carbons (Fsp3) is 0.429. The molecule has 6 nitrogen and oxygen atoms in total. The zero-order valence-corrected chi connectivity index (χ0v) is 11.4. The molecule has 1 aromatic carbocycles. The zero-order valence-electron chi connectivity index (χ0n) is 11.4. The fourth-order valence-corrected chi connectivity index (χ4v) is 1.50. The van der Waals surface area contributed by atoms with Gasteiger partial charge in [0.05, 0.1) is 19.8 Å². The van der Waals surface area contributed by atoms with Gasteiger partial charge in [0.15, 0.2) is 6.10 Å². The summed E-state index contributed by atoms with van der Waals surface area (Å²) in [6, 6.07) is 9.64. The van der Waals surface area contributed by atoms with Crippen molar-refractivity contribution in [2.24, 2.45) is 0 Å². The van der Waals surface area contributed by atoms with E-state index >= 15 is 0 Å². The van der Waals surface area contributed by atoms with E-state index in [2.05, 4.69) is 5.32 Å². The monoisotopic (exact) mass is 281 g/mol. The van der Waals surface area contributed by atoms with Gasteiger partial charge in [0, 0.05) is 13.5 Å². The summed E-state index contributed by atoms with van der Waals surface area (Å²) in [6.45, 7) is 0.679. The van der Waals surface area contributed by atoms with E-state index in [1.54, 1.807) is 0 Å². The second-order valence-electron chi connectivity index (χ2n) is 4.15. The van der Waals surface area contributed by atoms with Crippen LogP contribution in [0.1, 0.15) is 12.0 Å². The molecule has 1 rings (SSSR count). The van der Waals surface area contributed by atoms with Crippen LogP contribution >= 0.6 is 0 Å². The number of carbonyl (C=O) groups excluding carboxylic acids is 1. The minimum Gasteiger partial charge on any atom is -0.479 e. The summed E-state index contributed by atoms with van der Waals surface area (Å²) >= 11 is 0. The Labute approximate surface area is 117 Å². The molecule has 1 unspecified atom stereocenters. The molecule has 0 aliphatic heterocycles. The normalized spacial score (nSPS) is 11.8. The topological polar surface area (TPSA) is 84.9 Å². The van der Waals surface area contributed by atoms with Gasteiger partial charge in [0.25, 0.3) is 0 Å². The highest BCUT2D eigenvalue weighted by Gasteiger charge is 2.16. The maximum atomic E-state index is 11.5. The zero-order chi connectivity index (χ0) is 14.8. The van der Waals surface area contributed by atoms with Gasteiger partial charge in [-0.1, -0.05) is 30.3 Å². The Morgan fingerprint density at radius 3 is 2.60 bits per heavy atom. The number of hydrogen-bond donors (Lipinski definition) is 2. The average Bonchev–Trinajstić information content (AvgIpc) is 2.45. The van der Waals surface area contributed by atoms with E-state index < -0.39 is 12.1 Å². The number of amides is 1. The first-order valence-corrected chi connectivity index (χ1v) is 6.27. The second kappa shape index (κ2) is 9.06. The highest BCUT2D eigenvalue weighted by atomic mass is 16.5. The first kappa shape index (κ1) is 16.1. The number of carbonyl (C=O) groups is 2. The van der Waals surface area contributed by atoms with Crippen LogP contribution in [0.25, 0.3) is 0 Å². The molecule has 0 aromatic heterocycles. The second-order valence-corrected chi connectivity index (χ2v) is 4.15. The van der Waals surface area contributed by atoms with E-state index in [0.717, 1.165) is 5.56 Å². The minimum absolute atomic E-state index is 0.0522. The lowest BCUT2D eigenvalue weighted by Gasteiger charge is -2.11. The first-order valence-electron chi connectivity index (χ1n) is 6.27. The molecule has 0 saturated heterocycles. The van der Waals surface area contributed by atoms with Gasteiger partial charge in [0.1, 0.15) is 0 Å². The summed E-state index contributed by atoms with van der Waals surface area (Å²) in [7, 11) is 1.29. The predicted octanol–water partition coefficient (Wildman–Crippen LogP) is 0.809. The summed E-state index contributed by atoms with van der Waals surface area (Å²) < 4.78 is 10.1. The smallest absolute Gasteiger partial charge is 0.334 e. The summed E-state index contributed by atoms with van der Waals surface area (Å²) in [5.74, 6) is -1.37. The molecular weight excluding hydrogens is 262 g/mol. The average molecular weight is 281 g/mol. The molecule has 1 atom stereocenters. The third-order valence-corrected chi connectivity index (χ3v) is 2.63. The molecule has 0 fully saturated rings. The SMILES string of the molecule is COC(CNC(=O)CCOCc1ccccc1)C(=O)O. The van der Waals surface area contributed by atoms with Gasteiger partial charge in [0.2, 0.25) is 5.91 Å². The predicted molar refractivity (Wildman–Crippen MR) is 72.2 cm³/mol. The van der Waals surface area contributed by atoms with Crippen molar-refractivity contribution in [3.05, 3.63) is 35.9 Å². The van der Waals surface area contributed by atoms with Crippen molar-refractivity contribution in [2.45, 2.75) is 19.1 Å². The third kappa shape index (κ3) is 6.31. The molecular formula is C14H19NO5. The maximum Gasteiger partial charge on any atom is 0.334 e. The van der Waals surface area contributed by atoms with E-state index in [9.17, 15) is 9.59 Å². The molecule has 2 N–H and O–H groups in total. The van der Waals surface area contributed by atoms with Crippen molar-refractivity contribution in [1.82, 2.24) is 5.32 Å². The Kier molecular flexibility index (Phi) is 7.31. The first-order chi connectivity index (χ1) is 9.63. The molecule has 0 bridgehead atoms. The van der Waals surface area contributed by atoms with E-state index in [1.807, 2.05) is 30.3 Å². The molecule has 20 heavy (non-hydrogen) atoms. The van der Waals surface area contributed by atoms with Gasteiger partial charge in [-0.15, -0.1) is 0 Å². The molecule has 0 spiro atoms. The molecule has 0 saturated carbocycles. The summed E-state index contributed by atoms with van der Waals surface area (Å²) in [5.41, 5.74) is 1.04. The van der Waals surface area contributed by atoms with Crippen LogP contribution in [-0.4, -0.2) is 43.3 Å². The van der Waals surface area contributed by atoms with Crippen LogP contribution in [-0.2, 0) is 25.7 Å². The van der Waals surface area contributed by atoms with Gasteiger partial charge in [-0.25, -0.2) is 4.79 Å². The summed E-state index contributed by atoms with van der Waals surface area (Å²) in [5, 5.41) is 11.2. The lowest BCUT2D eigenvalue weighted by atomic mass is 10.2. The minimum atomic E-state index is -1.10. The van der Waals surface area contributed by atoms with Gasteiger partial charge in [-0.2, -0.15) is 0 Å². The Morgan fingerprint density at radius 2 is 2.00 bits per heavy atom. The number of rotatable bonds is 9. The van der Waals surface area contributed by atoms with Crippen molar-refractivity contribution < 1.29 is 24.2 Å². The number of nitrogens with one attached hydrogen (secondary N) is 1. The molecule has 110 valence electrons. The number of hydrogen-bond acceptors (Lipinski definition) is 4. The van der Waals surface area contributed by atoms with Gasteiger partial charge < -0.3 is 19.9 Å². The fourth-order valence-electron chi connectivity index (χ4n) is 1.50. The molecule has 0 heterocycles. The van der Waals surface area contributed by atoms with Crippen LogP contribution in [0.4, 0.5) is 0 Å². The van der Waals surface area contributed by atoms with Crippen LogP contribution in [0.2, 0.25) is 0 Å². The quantitative estimate of drug-likeness (QED) is 0.654. The van der Waals surface area contributed by atoms with E-state index in [0.29, 0.717) is 6.61 Å². The number of methoxy groups -OCH3 is 1. The van der Waals surface area contributed by atoms with Crippen molar-refractivity contribution in [3.63, 3.8) is 0 Å². The molecule has 0 aliphatic carbocycles. The number of carboxylic acids is 1. The Morgan fingerprint density at radius 1 is 1.30 bits per heavy atom. The van der Waals surface area contributed by atoms with Gasteiger partial charge >= 0.3 is 5.97 Å². The van der Waals surface area contributed by atoms with E-state index in [4.69, 9.17) is 14.6 Å².